The van der Waals surface area contributed by atoms with Crippen molar-refractivity contribution in [1.82, 2.24) is 5.43 Å². The van der Waals surface area contributed by atoms with Crippen LogP contribution in [0.3, 0.4) is 0 Å². The summed E-state index contributed by atoms with van der Waals surface area (Å²) in [6.07, 6.45) is 1.73. The van der Waals surface area contributed by atoms with Crippen LogP contribution in [-0.2, 0) is 16.0 Å². The van der Waals surface area contributed by atoms with Crippen molar-refractivity contribution in [2.45, 2.75) is 20.3 Å². The molecule has 2 rings (SSSR count). The number of hydrazone groups is 1. The predicted octanol–water partition coefficient (Wildman–Crippen LogP) is 3.07. The van der Waals surface area contributed by atoms with E-state index in [-0.39, 0.29) is 12.3 Å². The number of hydrogen-bond donors (Lipinski definition) is 2. The standard InChI is InChI=1S/C20H21IN2O5/c1-12-4-5-15(13(2)6-12)9-18(24)23-22-10-14-7-16(21)20(17(8-14)27-3)28-11-19(25)26/h4-8,10H,9,11H2,1-3H3,(H,23,24)(H,25,26)/b22-10-. The van der Waals surface area contributed by atoms with Crippen molar-refractivity contribution in [2.24, 2.45) is 5.10 Å². The molecule has 0 saturated carbocycles. The largest absolute Gasteiger partial charge is 0.493 e. The van der Waals surface area contributed by atoms with E-state index in [1.54, 1.807) is 12.1 Å². The van der Waals surface area contributed by atoms with E-state index >= 15 is 0 Å². The van der Waals surface area contributed by atoms with Gasteiger partial charge in [0.1, 0.15) is 0 Å². The maximum atomic E-state index is 12.1. The van der Waals surface area contributed by atoms with E-state index in [0.717, 1.165) is 16.7 Å². The number of aliphatic carboxylic acids is 1. The van der Waals surface area contributed by atoms with Gasteiger partial charge in [0.2, 0.25) is 5.91 Å². The number of nitrogens with one attached hydrogen (secondary N) is 1. The van der Waals surface area contributed by atoms with E-state index in [2.05, 4.69) is 10.5 Å². The number of halogens is 1. The van der Waals surface area contributed by atoms with Gasteiger partial charge in [-0.2, -0.15) is 5.10 Å². The lowest BCUT2D eigenvalue weighted by Gasteiger charge is -2.12. The summed E-state index contributed by atoms with van der Waals surface area (Å²) >= 11 is 2.02. The van der Waals surface area contributed by atoms with Crippen molar-refractivity contribution in [1.29, 1.82) is 0 Å². The number of ether oxygens (including phenoxy) is 2. The van der Waals surface area contributed by atoms with E-state index < -0.39 is 12.6 Å². The molecule has 7 nitrogen and oxygen atoms in total. The zero-order valence-electron chi connectivity index (χ0n) is 15.8. The summed E-state index contributed by atoms with van der Waals surface area (Å²) in [5.74, 6) is -0.556. The number of rotatable bonds is 8. The molecule has 1 amide bonds. The molecule has 28 heavy (non-hydrogen) atoms. The molecular weight excluding hydrogens is 475 g/mol. The topological polar surface area (TPSA) is 97.2 Å². The van der Waals surface area contributed by atoms with E-state index in [4.69, 9.17) is 14.6 Å². The van der Waals surface area contributed by atoms with Crippen molar-refractivity contribution in [3.05, 3.63) is 56.2 Å². The van der Waals surface area contributed by atoms with E-state index in [1.165, 1.54) is 13.3 Å². The molecule has 0 aliphatic rings. The summed E-state index contributed by atoms with van der Waals surface area (Å²) in [5, 5.41) is 12.7. The van der Waals surface area contributed by atoms with Crippen molar-refractivity contribution < 1.29 is 24.2 Å². The lowest BCUT2D eigenvalue weighted by Crippen LogP contribution is -2.20. The Morgan fingerprint density at radius 1 is 1.25 bits per heavy atom. The van der Waals surface area contributed by atoms with Gasteiger partial charge in [0.25, 0.3) is 0 Å². The Hall–Kier alpha value is -2.62. The Morgan fingerprint density at radius 2 is 2.00 bits per heavy atom. The first-order valence-corrected chi connectivity index (χ1v) is 9.48. The molecule has 0 fully saturated rings. The molecule has 0 saturated heterocycles. The molecular formula is C20H21IN2O5. The zero-order chi connectivity index (χ0) is 20.7. The molecule has 0 atom stereocenters. The van der Waals surface area contributed by atoms with Crippen molar-refractivity contribution in [2.75, 3.05) is 13.7 Å². The number of aryl methyl sites for hydroxylation is 2. The number of carboxylic acid groups (broad SMARTS) is 1. The molecule has 8 heteroatoms. The van der Waals surface area contributed by atoms with Gasteiger partial charge in [0, 0.05) is 0 Å². The van der Waals surface area contributed by atoms with Crippen LogP contribution in [0, 0.1) is 17.4 Å². The molecule has 0 bridgehead atoms. The number of amides is 1. The maximum Gasteiger partial charge on any atom is 0.341 e. The van der Waals surface area contributed by atoms with Gasteiger partial charge in [0.15, 0.2) is 18.1 Å². The third-order valence-corrected chi connectivity index (χ3v) is 4.65. The van der Waals surface area contributed by atoms with Crippen molar-refractivity contribution in [3.63, 3.8) is 0 Å². The first-order chi connectivity index (χ1) is 13.3. The lowest BCUT2D eigenvalue weighted by molar-refractivity contribution is -0.139. The van der Waals surface area contributed by atoms with Gasteiger partial charge in [0.05, 0.1) is 23.3 Å². The Kier molecular flexibility index (Phi) is 7.80. The van der Waals surface area contributed by atoms with Crippen LogP contribution in [0.4, 0.5) is 0 Å². The second kappa shape index (κ2) is 10.1. The molecule has 0 unspecified atom stereocenters. The first-order valence-electron chi connectivity index (χ1n) is 8.40. The highest BCUT2D eigenvalue weighted by Crippen LogP contribution is 2.33. The molecule has 0 radical (unpaired) electrons. The quantitative estimate of drug-likeness (QED) is 0.333. The average Bonchev–Trinajstić information content (AvgIpc) is 2.62. The third-order valence-electron chi connectivity index (χ3n) is 3.84. The summed E-state index contributed by atoms with van der Waals surface area (Å²) in [6.45, 7) is 3.52. The molecule has 2 aromatic rings. The number of methoxy groups -OCH3 is 1. The minimum Gasteiger partial charge on any atom is -0.493 e. The fraction of sp³-hybridized carbons (Fsp3) is 0.250. The molecule has 0 aliphatic carbocycles. The van der Waals surface area contributed by atoms with Crippen molar-refractivity contribution in [3.8, 4) is 11.5 Å². The monoisotopic (exact) mass is 496 g/mol. The minimum absolute atomic E-state index is 0.216. The summed E-state index contributed by atoms with van der Waals surface area (Å²) in [6, 6.07) is 9.35. The molecule has 0 spiro atoms. The Labute approximate surface area is 176 Å². The van der Waals surface area contributed by atoms with Crippen LogP contribution < -0.4 is 14.9 Å². The molecule has 0 heterocycles. The Morgan fingerprint density at radius 3 is 2.64 bits per heavy atom. The lowest BCUT2D eigenvalue weighted by atomic mass is 10.0. The normalized spacial score (nSPS) is 10.7. The average molecular weight is 496 g/mol. The fourth-order valence-electron chi connectivity index (χ4n) is 2.52. The first kappa shape index (κ1) is 21.7. The van der Waals surface area contributed by atoms with Crippen LogP contribution >= 0.6 is 22.6 Å². The van der Waals surface area contributed by atoms with Crippen LogP contribution in [-0.4, -0.2) is 36.9 Å². The van der Waals surface area contributed by atoms with Gasteiger partial charge in [-0.3, -0.25) is 4.79 Å². The van der Waals surface area contributed by atoms with Gasteiger partial charge in [-0.05, 0) is 65.3 Å². The van der Waals surface area contributed by atoms with Gasteiger partial charge < -0.3 is 14.6 Å². The number of benzene rings is 2. The van der Waals surface area contributed by atoms with Crippen LogP contribution in [0.15, 0.2) is 35.4 Å². The summed E-state index contributed by atoms with van der Waals surface area (Å²) in [5.41, 5.74) is 6.36. The molecule has 0 aliphatic heterocycles. The Balaban J connectivity index is 2.04. The van der Waals surface area contributed by atoms with Gasteiger partial charge in [-0.25, -0.2) is 10.2 Å². The van der Waals surface area contributed by atoms with Crippen LogP contribution in [0.1, 0.15) is 22.3 Å². The van der Waals surface area contributed by atoms with Crippen LogP contribution in [0.25, 0.3) is 0 Å². The number of hydrogen-bond acceptors (Lipinski definition) is 5. The Bertz CT molecular complexity index is 912. The fourth-order valence-corrected chi connectivity index (χ4v) is 3.30. The van der Waals surface area contributed by atoms with Crippen LogP contribution in [0.5, 0.6) is 11.5 Å². The number of carbonyl (C=O) groups excluding carboxylic acids is 1. The second-order valence-electron chi connectivity index (χ2n) is 6.12. The molecule has 2 N–H and O–H groups in total. The maximum absolute atomic E-state index is 12.1. The number of nitrogens with zero attached hydrogens (tertiary/aromatic N) is 1. The predicted molar refractivity (Wildman–Crippen MR) is 114 cm³/mol. The van der Waals surface area contributed by atoms with E-state index in [0.29, 0.717) is 20.6 Å². The summed E-state index contributed by atoms with van der Waals surface area (Å²) in [7, 11) is 1.46. The molecule has 2 aromatic carbocycles. The smallest absolute Gasteiger partial charge is 0.341 e. The number of carboxylic acids is 1. The molecule has 148 valence electrons. The van der Waals surface area contributed by atoms with Gasteiger partial charge in [-0.15, -0.1) is 0 Å². The van der Waals surface area contributed by atoms with Gasteiger partial charge in [-0.1, -0.05) is 23.8 Å². The molecule has 0 aromatic heterocycles. The third kappa shape index (κ3) is 6.22. The van der Waals surface area contributed by atoms with E-state index in [9.17, 15) is 9.59 Å². The summed E-state index contributed by atoms with van der Waals surface area (Å²) in [4.78, 5) is 22.8. The zero-order valence-corrected chi connectivity index (χ0v) is 17.9. The van der Waals surface area contributed by atoms with E-state index in [1.807, 2.05) is 54.6 Å². The van der Waals surface area contributed by atoms with Crippen molar-refractivity contribution >= 4 is 40.7 Å². The van der Waals surface area contributed by atoms with Crippen LogP contribution in [0.2, 0.25) is 0 Å². The number of carbonyl (C=O) groups is 2. The minimum atomic E-state index is -1.07. The second-order valence-corrected chi connectivity index (χ2v) is 7.28. The SMILES string of the molecule is COc1cc(/C=N\NC(=O)Cc2ccc(C)cc2C)cc(I)c1OCC(=O)O. The highest BCUT2D eigenvalue weighted by molar-refractivity contribution is 14.1. The van der Waals surface area contributed by atoms with Gasteiger partial charge >= 0.3 is 5.97 Å². The highest BCUT2D eigenvalue weighted by Gasteiger charge is 2.13. The highest BCUT2D eigenvalue weighted by atomic mass is 127. The summed E-state index contributed by atoms with van der Waals surface area (Å²) < 4.78 is 11.2.